The van der Waals surface area contributed by atoms with Crippen LogP contribution in [-0.2, 0) is 6.42 Å². The van der Waals surface area contributed by atoms with Crippen molar-refractivity contribution < 1.29 is 5.11 Å². The number of rotatable bonds is 4. The van der Waals surface area contributed by atoms with E-state index in [0.717, 1.165) is 40.0 Å². The highest BCUT2D eigenvalue weighted by molar-refractivity contribution is 5.86. The second-order valence-electron chi connectivity index (χ2n) is 6.52. The molecule has 0 saturated heterocycles. The van der Waals surface area contributed by atoms with Gasteiger partial charge >= 0.3 is 0 Å². The quantitative estimate of drug-likeness (QED) is 0.413. The second kappa shape index (κ2) is 7.05. The lowest BCUT2D eigenvalue weighted by Crippen LogP contribution is -2.07. The van der Waals surface area contributed by atoms with Crippen molar-refractivity contribution in [1.29, 1.82) is 5.26 Å². The molecule has 6 nitrogen and oxygen atoms in total. The van der Waals surface area contributed by atoms with Crippen molar-refractivity contribution >= 4 is 28.7 Å². The van der Waals surface area contributed by atoms with Crippen LogP contribution in [0.5, 0.6) is 5.75 Å². The first-order valence-electron chi connectivity index (χ1n) is 9.05. The van der Waals surface area contributed by atoms with Crippen molar-refractivity contribution in [2.45, 2.75) is 20.3 Å². The number of benzene rings is 2. The summed E-state index contributed by atoms with van der Waals surface area (Å²) >= 11 is 0. The third-order valence-corrected chi connectivity index (χ3v) is 4.84. The number of imidazole rings is 1. The molecule has 4 rings (SSSR count). The summed E-state index contributed by atoms with van der Waals surface area (Å²) in [7, 11) is 0. The van der Waals surface area contributed by atoms with Crippen molar-refractivity contribution in [2.75, 3.05) is 5.43 Å². The smallest absolute Gasteiger partial charge is 0.157 e. The Bertz CT molecular complexity index is 1260. The van der Waals surface area contributed by atoms with E-state index in [2.05, 4.69) is 28.5 Å². The van der Waals surface area contributed by atoms with E-state index in [-0.39, 0.29) is 5.75 Å². The summed E-state index contributed by atoms with van der Waals surface area (Å²) in [6.07, 6.45) is 2.39. The minimum absolute atomic E-state index is 0.190. The maximum absolute atomic E-state index is 9.73. The normalized spacial score (nSPS) is 11.3. The number of pyridine rings is 1. The van der Waals surface area contributed by atoms with E-state index in [4.69, 9.17) is 0 Å². The van der Waals surface area contributed by atoms with Gasteiger partial charge in [-0.15, -0.1) is 0 Å². The number of aromatic hydroxyl groups is 1. The molecule has 0 aliphatic heterocycles. The molecule has 2 heterocycles. The lowest BCUT2D eigenvalue weighted by molar-refractivity contribution is 0.475. The molecular formula is C22H19N5O. The molecule has 0 radical (unpaired) electrons. The van der Waals surface area contributed by atoms with Crippen LogP contribution in [0.3, 0.4) is 0 Å². The van der Waals surface area contributed by atoms with Gasteiger partial charge in [0.1, 0.15) is 17.6 Å². The van der Waals surface area contributed by atoms with E-state index in [9.17, 15) is 10.4 Å². The van der Waals surface area contributed by atoms with Crippen LogP contribution in [0, 0.1) is 18.3 Å². The molecule has 0 spiro atoms. The lowest BCUT2D eigenvalue weighted by atomic mass is 10.0. The number of hydrazone groups is 1. The van der Waals surface area contributed by atoms with Gasteiger partial charge in [-0.25, -0.2) is 4.98 Å². The van der Waals surface area contributed by atoms with Crippen molar-refractivity contribution in [2.24, 2.45) is 5.10 Å². The summed E-state index contributed by atoms with van der Waals surface area (Å²) in [6.45, 7) is 4.00. The number of nitrogens with one attached hydrogen (secondary N) is 1. The molecule has 2 aromatic heterocycles. The van der Waals surface area contributed by atoms with E-state index in [1.54, 1.807) is 24.4 Å². The summed E-state index contributed by atoms with van der Waals surface area (Å²) in [5, 5.41) is 23.7. The molecule has 28 heavy (non-hydrogen) atoms. The average molecular weight is 369 g/mol. The Kier molecular flexibility index (Phi) is 4.42. The first kappa shape index (κ1) is 17.6. The maximum atomic E-state index is 9.73. The van der Waals surface area contributed by atoms with Gasteiger partial charge in [0.2, 0.25) is 0 Å². The zero-order valence-corrected chi connectivity index (χ0v) is 15.6. The summed E-state index contributed by atoms with van der Waals surface area (Å²) in [5.74, 6) is 0.981. The molecule has 0 amide bonds. The average Bonchev–Trinajstić information content (AvgIpc) is 3.07. The van der Waals surface area contributed by atoms with Crippen LogP contribution in [0.15, 0.2) is 53.6 Å². The molecule has 0 unspecified atom stereocenters. The van der Waals surface area contributed by atoms with E-state index >= 15 is 0 Å². The van der Waals surface area contributed by atoms with Crippen LogP contribution in [0.1, 0.15) is 29.2 Å². The predicted octanol–water partition coefficient (Wildman–Crippen LogP) is 4.38. The Labute approximate surface area is 162 Å². The van der Waals surface area contributed by atoms with Crippen LogP contribution < -0.4 is 5.43 Å². The molecular weight excluding hydrogens is 350 g/mol. The molecule has 0 fully saturated rings. The zero-order valence-electron chi connectivity index (χ0n) is 15.6. The summed E-state index contributed by atoms with van der Waals surface area (Å²) in [4.78, 5) is 4.68. The Morgan fingerprint density at radius 2 is 2.07 bits per heavy atom. The molecule has 0 atom stereocenters. The number of nitriles is 1. The Morgan fingerprint density at radius 1 is 1.25 bits per heavy atom. The number of para-hydroxylation sites is 2. The third-order valence-electron chi connectivity index (χ3n) is 4.84. The van der Waals surface area contributed by atoms with Crippen LogP contribution in [-0.4, -0.2) is 20.7 Å². The van der Waals surface area contributed by atoms with Gasteiger partial charge in [-0.05, 0) is 54.3 Å². The largest absolute Gasteiger partial charge is 0.508 e. The van der Waals surface area contributed by atoms with Crippen molar-refractivity contribution in [3.8, 4) is 11.8 Å². The molecule has 2 N–H and O–H groups in total. The van der Waals surface area contributed by atoms with E-state index in [1.165, 1.54) is 0 Å². The highest BCUT2D eigenvalue weighted by Crippen LogP contribution is 2.31. The summed E-state index contributed by atoms with van der Waals surface area (Å²) in [5.41, 5.74) is 8.79. The van der Waals surface area contributed by atoms with E-state index in [1.807, 2.05) is 41.7 Å². The number of aromatic nitrogens is 2. The maximum Gasteiger partial charge on any atom is 0.157 e. The number of nitrogens with zero attached hydrogens (tertiary/aromatic N) is 4. The molecule has 0 bridgehead atoms. The first-order chi connectivity index (χ1) is 13.6. The second-order valence-corrected chi connectivity index (χ2v) is 6.52. The number of phenols is 1. The fourth-order valence-electron chi connectivity index (χ4n) is 3.51. The molecule has 4 aromatic rings. The van der Waals surface area contributed by atoms with Gasteiger partial charge in [-0.1, -0.05) is 31.2 Å². The minimum Gasteiger partial charge on any atom is -0.508 e. The monoisotopic (exact) mass is 369 g/mol. The number of hydrogen-bond acceptors (Lipinski definition) is 5. The van der Waals surface area contributed by atoms with Gasteiger partial charge in [0.15, 0.2) is 5.65 Å². The number of phenolic OH excluding ortho intramolecular Hbond substituents is 1. The topological polar surface area (TPSA) is 85.7 Å². The predicted molar refractivity (Wildman–Crippen MR) is 111 cm³/mol. The Morgan fingerprint density at radius 3 is 2.82 bits per heavy atom. The van der Waals surface area contributed by atoms with Gasteiger partial charge in [-0.2, -0.15) is 10.4 Å². The van der Waals surface area contributed by atoms with Gasteiger partial charge in [0, 0.05) is 0 Å². The lowest BCUT2D eigenvalue weighted by Gasteiger charge is -2.15. The SMILES string of the molecule is CCc1c(C)c(C#N)c2nc3ccccc3n2c1N/N=C\c1cccc(O)c1. The fourth-order valence-corrected chi connectivity index (χ4v) is 3.51. The van der Waals surface area contributed by atoms with Gasteiger partial charge in [0.05, 0.1) is 22.8 Å². The molecule has 6 heteroatoms. The highest BCUT2D eigenvalue weighted by atomic mass is 16.3. The van der Waals surface area contributed by atoms with Crippen LogP contribution in [0.25, 0.3) is 16.7 Å². The number of anilines is 1. The zero-order chi connectivity index (χ0) is 19.7. The van der Waals surface area contributed by atoms with Crippen LogP contribution in [0.4, 0.5) is 5.82 Å². The van der Waals surface area contributed by atoms with Crippen molar-refractivity contribution in [3.05, 3.63) is 70.8 Å². The number of hydrogen-bond donors (Lipinski definition) is 2. The van der Waals surface area contributed by atoms with Crippen LogP contribution in [0.2, 0.25) is 0 Å². The van der Waals surface area contributed by atoms with Crippen molar-refractivity contribution in [1.82, 2.24) is 9.38 Å². The fraction of sp³-hybridized carbons (Fsp3) is 0.136. The molecule has 2 aromatic carbocycles. The summed E-state index contributed by atoms with van der Waals surface area (Å²) < 4.78 is 1.96. The summed E-state index contributed by atoms with van der Waals surface area (Å²) in [6, 6.07) is 17.0. The third kappa shape index (κ3) is 2.83. The molecule has 0 aliphatic carbocycles. The van der Waals surface area contributed by atoms with Gasteiger partial charge in [-0.3, -0.25) is 9.83 Å². The minimum atomic E-state index is 0.190. The Balaban J connectivity index is 1.92. The highest BCUT2D eigenvalue weighted by Gasteiger charge is 2.19. The van der Waals surface area contributed by atoms with Crippen molar-refractivity contribution in [3.63, 3.8) is 0 Å². The standard InChI is InChI=1S/C22H19N5O/c1-3-17-14(2)18(12-23)21-25-19-9-4-5-10-20(19)27(21)22(17)26-24-13-15-7-6-8-16(28)11-15/h4-11,13,26,28H,3H2,1-2H3/b24-13-. The van der Waals surface area contributed by atoms with E-state index in [0.29, 0.717) is 11.2 Å². The molecule has 0 aliphatic rings. The van der Waals surface area contributed by atoms with Crippen LogP contribution >= 0.6 is 0 Å². The van der Waals surface area contributed by atoms with Gasteiger partial charge < -0.3 is 5.11 Å². The van der Waals surface area contributed by atoms with Gasteiger partial charge in [0.25, 0.3) is 0 Å². The van der Waals surface area contributed by atoms with E-state index < -0.39 is 0 Å². The number of fused-ring (bicyclic) bond motifs is 3. The Hall–Kier alpha value is -3.85. The first-order valence-corrected chi connectivity index (χ1v) is 9.05. The molecule has 138 valence electrons. The molecule has 0 saturated carbocycles.